The van der Waals surface area contributed by atoms with Crippen molar-refractivity contribution in [3.63, 3.8) is 0 Å². The van der Waals surface area contributed by atoms with Gasteiger partial charge in [0.1, 0.15) is 13.2 Å². The van der Waals surface area contributed by atoms with E-state index in [9.17, 15) is 19.5 Å². The van der Waals surface area contributed by atoms with E-state index in [4.69, 9.17) is 18.9 Å². The van der Waals surface area contributed by atoms with Crippen molar-refractivity contribution in [2.45, 2.75) is 232 Å². The summed E-state index contributed by atoms with van der Waals surface area (Å²) in [5, 5.41) is 9.71. The van der Waals surface area contributed by atoms with Gasteiger partial charge in [0, 0.05) is 12.8 Å². The lowest BCUT2D eigenvalue weighted by atomic mass is 10.1. The highest BCUT2D eigenvalue weighted by Crippen LogP contribution is 2.14. The van der Waals surface area contributed by atoms with E-state index in [0.29, 0.717) is 17.4 Å². The van der Waals surface area contributed by atoms with E-state index in [-0.39, 0.29) is 38.6 Å². The molecule has 0 saturated carbocycles. The molecule has 0 heterocycles. The van der Waals surface area contributed by atoms with Gasteiger partial charge in [-0.3, -0.25) is 9.59 Å². The standard InChI is InChI=1S/C68H111NO8/c1-6-8-10-12-14-16-18-20-22-24-26-28-30-32-33-35-37-39-41-43-45-47-49-51-53-55-57-59-66(71)77-64(63-76-68(67(72)73)74-61-60-69(3,4)5)62-75-65(70)58-56-54-52-50-48-46-44-42-40-38-36-34-31-29-27-25-23-21-19-17-15-13-11-9-7-2/h8,10,14,16,19-22,25-28,31-34,37,39,43,45,49,51,64,68H,6-7,9,11-13,15,17-18,23-24,29-30,35-36,38,40-42,44,46-48,50,52-63H2,1-5H3/p+1/b10-8-,16-14-,21-19-,22-20-,27-25-,28-26-,33-32-,34-31-,39-37-,45-43-,51-49-. The van der Waals surface area contributed by atoms with Gasteiger partial charge in [-0.25, -0.2) is 4.79 Å². The zero-order valence-electron chi connectivity index (χ0n) is 49.6. The molecule has 0 bridgehead atoms. The molecule has 2 atom stereocenters. The Balaban J connectivity index is 4.37. The maximum absolute atomic E-state index is 12.9. The van der Waals surface area contributed by atoms with Gasteiger partial charge in [-0.15, -0.1) is 0 Å². The predicted octanol–water partition coefficient (Wildman–Crippen LogP) is 18.2. The maximum Gasteiger partial charge on any atom is 0.361 e. The Morgan fingerprint density at radius 1 is 0.403 bits per heavy atom. The van der Waals surface area contributed by atoms with Crippen LogP contribution in [0.3, 0.4) is 0 Å². The minimum atomic E-state index is -1.53. The van der Waals surface area contributed by atoms with E-state index in [1.165, 1.54) is 77.0 Å². The third kappa shape index (κ3) is 58.9. The molecule has 0 aliphatic heterocycles. The first-order valence-corrected chi connectivity index (χ1v) is 30.3. The molecule has 0 radical (unpaired) electrons. The number of hydrogen-bond donors (Lipinski definition) is 1. The first kappa shape index (κ1) is 72.4. The Morgan fingerprint density at radius 2 is 0.740 bits per heavy atom. The van der Waals surface area contributed by atoms with Crippen molar-refractivity contribution >= 4 is 17.9 Å². The molecule has 0 aliphatic rings. The third-order valence-corrected chi connectivity index (χ3v) is 12.4. The van der Waals surface area contributed by atoms with Gasteiger partial charge in [0.25, 0.3) is 6.29 Å². The summed E-state index contributed by atoms with van der Waals surface area (Å²) in [5.74, 6) is -2.09. The molecule has 2 unspecified atom stereocenters. The molecule has 1 N–H and O–H groups in total. The zero-order chi connectivity index (χ0) is 56.2. The average molecular weight is 1070 g/mol. The second-order valence-electron chi connectivity index (χ2n) is 20.9. The van der Waals surface area contributed by atoms with Crippen LogP contribution in [0.1, 0.15) is 219 Å². The Hall–Kier alpha value is -4.57. The van der Waals surface area contributed by atoms with Crippen molar-refractivity contribution in [3.05, 3.63) is 134 Å². The first-order valence-electron chi connectivity index (χ1n) is 30.3. The van der Waals surface area contributed by atoms with E-state index in [0.717, 1.165) is 109 Å². The highest BCUT2D eigenvalue weighted by Gasteiger charge is 2.25. The number of unbranched alkanes of at least 4 members (excludes halogenated alkanes) is 17. The highest BCUT2D eigenvalue weighted by molar-refractivity contribution is 5.71. The number of rotatable bonds is 54. The van der Waals surface area contributed by atoms with E-state index < -0.39 is 24.3 Å². The average Bonchev–Trinajstić information content (AvgIpc) is 3.40. The molecule has 0 amide bonds. The molecule has 0 aromatic carbocycles. The Kier molecular flexibility index (Phi) is 54.2. The number of likely N-dealkylation sites (N-methyl/N-ethyl adjacent to an activating group) is 1. The number of hydrogen-bond acceptors (Lipinski definition) is 7. The summed E-state index contributed by atoms with van der Waals surface area (Å²) in [6.07, 6.45) is 79.6. The molecule has 436 valence electrons. The van der Waals surface area contributed by atoms with E-state index in [1.807, 2.05) is 21.1 Å². The number of quaternary nitrogens is 1. The summed E-state index contributed by atoms with van der Waals surface area (Å²) in [6, 6.07) is 0. The van der Waals surface area contributed by atoms with Crippen LogP contribution in [0.15, 0.2) is 134 Å². The summed E-state index contributed by atoms with van der Waals surface area (Å²) in [4.78, 5) is 37.5. The largest absolute Gasteiger partial charge is 0.477 e. The lowest BCUT2D eigenvalue weighted by molar-refractivity contribution is -0.870. The quantitative estimate of drug-likeness (QED) is 0.0211. The number of nitrogens with zero attached hydrogens (tertiary/aromatic N) is 1. The van der Waals surface area contributed by atoms with Crippen LogP contribution in [-0.2, 0) is 33.3 Å². The van der Waals surface area contributed by atoms with Crippen LogP contribution in [0.2, 0.25) is 0 Å². The molecule has 9 heteroatoms. The number of carbonyl (C=O) groups excluding carboxylic acids is 2. The highest BCUT2D eigenvalue weighted by atomic mass is 16.7. The normalized spacial score (nSPS) is 13.7. The molecule has 77 heavy (non-hydrogen) atoms. The summed E-state index contributed by atoms with van der Waals surface area (Å²) in [6.45, 7) is 4.68. The molecule has 0 aromatic heterocycles. The lowest BCUT2D eigenvalue weighted by Gasteiger charge is -2.25. The molecule has 0 saturated heterocycles. The molecular weight excluding hydrogens is 959 g/mol. The van der Waals surface area contributed by atoms with Gasteiger partial charge in [-0.05, 0) is 116 Å². The van der Waals surface area contributed by atoms with Crippen LogP contribution in [0, 0.1) is 0 Å². The summed E-state index contributed by atoms with van der Waals surface area (Å²) in [5.41, 5.74) is 0. The summed E-state index contributed by atoms with van der Waals surface area (Å²) in [7, 11) is 5.94. The number of carboxylic acid groups (broad SMARTS) is 1. The number of ether oxygens (including phenoxy) is 4. The number of esters is 2. The Morgan fingerprint density at radius 3 is 1.13 bits per heavy atom. The van der Waals surface area contributed by atoms with Crippen LogP contribution < -0.4 is 0 Å². The fourth-order valence-electron chi connectivity index (χ4n) is 7.74. The Bertz CT molecular complexity index is 1720. The van der Waals surface area contributed by atoms with Crippen LogP contribution in [0.5, 0.6) is 0 Å². The fourth-order valence-corrected chi connectivity index (χ4v) is 7.74. The second kappa shape index (κ2) is 57.6. The third-order valence-electron chi connectivity index (χ3n) is 12.4. The molecule has 0 aromatic rings. The van der Waals surface area contributed by atoms with Crippen molar-refractivity contribution in [2.75, 3.05) is 47.5 Å². The van der Waals surface area contributed by atoms with Crippen molar-refractivity contribution in [1.29, 1.82) is 0 Å². The first-order chi connectivity index (χ1) is 37.6. The molecule has 0 rings (SSSR count). The van der Waals surface area contributed by atoms with Gasteiger partial charge < -0.3 is 28.5 Å². The van der Waals surface area contributed by atoms with Crippen molar-refractivity contribution in [1.82, 2.24) is 0 Å². The molecular formula is C68H112NO8+. The fraction of sp³-hybridized carbons (Fsp3) is 0.632. The summed E-state index contributed by atoms with van der Waals surface area (Å²) >= 11 is 0. The monoisotopic (exact) mass is 1070 g/mol. The van der Waals surface area contributed by atoms with Crippen LogP contribution in [0.25, 0.3) is 0 Å². The minimum absolute atomic E-state index is 0.170. The lowest BCUT2D eigenvalue weighted by Crippen LogP contribution is -2.40. The van der Waals surface area contributed by atoms with Gasteiger partial charge in [-0.2, -0.15) is 0 Å². The van der Waals surface area contributed by atoms with Crippen LogP contribution in [-0.4, -0.2) is 87.4 Å². The molecule has 0 fully saturated rings. The molecule has 0 spiro atoms. The number of carbonyl (C=O) groups is 3. The zero-order valence-corrected chi connectivity index (χ0v) is 49.6. The number of aliphatic carboxylic acids is 1. The van der Waals surface area contributed by atoms with E-state index >= 15 is 0 Å². The van der Waals surface area contributed by atoms with Crippen molar-refractivity contribution < 1.29 is 42.9 Å². The SMILES string of the molecule is CC/C=C\C/C=C\C/C=C\C/C=C\C/C=C\C/C=C\C/C=C\C/C=C\CCCCC(=O)OC(COC(=O)CCCCCCCCCCCC/C=C\C/C=C\C/C=C\CCCCCCC)COC(OCC[N+](C)(C)C)C(=O)O. The number of allylic oxidation sites excluding steroid dienone is 22. The van der Waals surface area contributed by atoms with Gasteiger partial charge in [0.2, 0.25) is 0 Å². The summed E-state index contributed by atoms with van der Waals surface area (Å²) < 4.78 is 22.8. The molecule has 0 aliphatic carbocycles. The van der Waals surface area contributed by atoms with E-state index in [1.54, 1.807) is 0 Å². The van der Waals surface area contributed by atoms with Crippen molar-refractivity contribution in [3.8, 4) is 0 Å². The van der Waals surface area contributed by atoms with Crippen LogP contribution in [0.4, 0.5) is 0 Å². The van der Waals surface area contributed by atoms with E-state index in [2.05, 4.69) is 148 Å². The topological polar surface area (TPSA) is 108 Å². The number of carboxylic acids is 1. The maximum atomic E-state index is 12.9. The predicted molar refractivity (Wildman–Crippen MR) is 327 cm³/mol. The van der Waals surface area contributed by atoms with Crippen molar-refractivity contribution in [2.24, 2.45) is 0 Å². The Labute approximate surface area is 471 Å². The smallest absolute Gasteiger partial charge is 0.361 e. The van der Waals surface area contributed by atoms with Gasteiger partial charge in [-0.1, -0.05) is 225 Å². The van der Waals surface area contributed by atoms with Gasteiger partial charge in [0.05, 0.1) is 34.4 Å². The minimum Gasteiger partial charge on any atom is -0.477 e. The van der Waals surface area contributed by atoms with Crippen LogP contribution >= 0.6 is 0 Å². The van der Waals surface area contributed by atoms with Gasteiger partial charge in [0.15, 0.2) is 6.10 Å². The second-order valence-corrected chi connectivity index (χ2v) is 20.9. The van der Waals surface area contributed by atoms with Gasteiger partial charge >= 0.3 is 17.9 Å². The molecule has 9 nitrogen and oxygen atoms in total.